The third-order valence-electron chi connectivity index (χ3n) is 3.25. The molecule has 5 nitrogen and oxygen atoms in total. The Balaban J connectivity index is 2.10. The van der Waals surface area contributed by atoms with Gasteiger partial charge in [-0.15, -0.1) is 0 Å². The Bertz CT molecular complexity index is 692. The number of hydrogen-bond acceptors (Lipinski definition) is 4. The van der Waals surface area contributed by atoms with Gasteiger partial charge in [-0.25, -0.2) is 0 Å². The molecular weight excluding hydrogens is 244 g/mol. The quantitative estimate of drug-likeness (QED) is 0.856. The zero-order chi connectivity index (χ0) is 13.4. The van der Waals surface area contributed by atoms with E-state index in [0.717, 1.165) is 22.6 Å². The third kappa shape index (κ3) is 1.98. The van der Waals surface area contributed by atoms with Gasteiger partial charge in [-0.3, -0.25) is 4.79 Å². The highest BCUT2D eigenvalue weighted by Gasteiger charge is 2.14. The zero-order valence-electron chi connectivity index (χ0n) is 10.5. The number of ether oxygens (including phenoxy) is 2. The average molecular weight is 258 g/mol. The molecule has 2 aromatic rings. The highest BCUT2D eigenvalue weighted by Crippen LogP contribution is 2.35. The first-order valence-corrected chi connectivity index (χ1v) is 6.02. The molecule has 1 aromatic heterocycles. The van der Waals surface area contributed by atoms with Crippen LogP contribution in [0.1, 0.15) is 11.1 Å². The van der Waals surface area contributed by atoms with E-state index in [2.05, 4.69) is 4.98 Å². The van der Waals surface area contributed by atoms with Gasteiger partial charge in [-0.05, 0) is 36.8 Å². The molecule has 0 atom stereocenters. The standard InChI is InChI=1S/C14H14N2O3/c1-8-4-11(16-14(17)10(8)6-15)9-2-3-12-13(5-9)19-7-18-12/h2-5H,6-7,15H2,1H3,(H,16,17). The molecule has 0 amide bonds. The lowest BCUT2D eigenvalue weighted by Gasteiger charge is -2.07. The Labute approximate surface area is 110 Å². The second-order valence-corrected chi connectivity index (χ2v) is 4.45. The second kappa shape index (κ2) is 4.44. The summed E-state index contributed by atoms with van der Waals surface area (Å²) in [4.78, 5) is 14.8. The number of aromatic nitrogens is 1. The van der Waals surface area contributed by atoms with Crippen LogP contribution in [0.15, 0.2) is 29.1 Å². The van der Waals surface area contributed by atoms with Crippen LogP contribution in [0.5, 0.6) is 11.5 Å². The summed E-state index contributed by atoms with van der Waals surface area (Å²) < 4.78 is 10.6. The highest BCUT2D eigenvalue weighted by atomic mass is 16.7. The number of nitrogens with one attached hydrogen (secondary N) is 1. The molecule has 3 rings (SSSR count). The molecule has 0 spiro atoms. The molecule has 98 valence electrons. The molecular formula is C14H14N2O3. The van der Waals surface area contributed by atoms with Gasteiger partial charge in [0.1, 0.15) is 0 Å². The second-order valence-electron chi connectivity index (χ2n) is 4.45. The van der Waals surface area contributed by atoms with E-state index in [9.17, 15) is 4.79 Å². The summed E-state index contributed by atoms with van der Waals surface area (Å²) >= 11 is 0. The van der Waals surface area contributed by atoms with Gasteiger partial charge in [0.15, 0.2) is 11.5 Å². The number of hydrogen-bond donors (Lipinski definition) is 2. The lowest BCUT2D eigenvalue weighted by Crippen LogP contribution is -2.18. The summed E-state index contributed by atoms with van der Waals surface area (Å²) in [5.74, 6) is 1.42. The summed E-state index contributed by atoms with van der Waals surface area (Å²) in [6.07, 6.45) is 0. The van der Waals surface area contributed by atoms with Crippen molar-refractivity contribution in [2.24, 2.45) is 5.73 Å². The number of pyridine rings is 1. The van der Waals surface area contributed by atoms with Crippen LogP contribution in [0, 0.1) is 6.92 Å². The molecule has 1 aliphatic rings. The first-order valence-electron chi connectivity index (χ1n) is 6.02. The normalized spacial score (nSPS) is 12.7. The van der Waals surface area contributed by atoms with E-state index < -0.39 is 0 Å². The van der Waals surface area contributed by atoms with Crippen molar-refractivity contribution in [3.05, 3.63) is 45.7 Å². The van der Waals surface area contributed by atoms with Crippen LogP contribution in [0.25, 0.3) is 11.3 Å². The van der Waals surface area contributed by atoms with Gasteiger partial charge in [0.2, 0.25) is 6.79 Å². The van der Waals surface area contributed by atoms with Crippen LogP contribution in [-0.4, -0.2) is 11.8 Å². The summed E-state index contributed by atoms with van der Waals surface area (Å²) in [6, 6.07) is 7.50. The number of fused-ring (bicyclic) bond motifs is 1. The van der Waals surface area contributed by atoms with Crippen molar-refractivity contribution in [2.45, 2.75) is 13.5 Å². The minimum atomic E-state index is -0.143. The van der Waals surface area contributed by atoms with Crippen LogP contribution in [0.4, 0.5) is 0 Å². The maximum Gasteiger partial charge on any atom is 0.253 e. The van der Waals surface area contributed by atoms with E-state index in [1.807, 2.05) is 31.2 Å². The largest absolute Gasteiger partial charge is 0.454 e. The van der Waals surface area contributed by atoms with Crippen molar-refractivity contribution in [3.63, 3.8) is 0 Å². The Morgan fingerprint density at radius 2 is 2.05 bits per heavy atom. The zero-order valence-corrected chi connectivity index (χ0v) is 10.5. The van der Waals surface area contributed by atoms with Crippen LogP contribution in [0.3, 0.4) is 0 Å². The maximum atomic E-state index is 11.9. The maximum absolute atomic E-state index is 11.9. The van der Waals surface area contributed by atoms with Crippen LogP contribution in [0.2, 0.25) is 0 Å². The molecule has 5 heteroatoms. The van der Waals surface area contributed by atoms with Gasteiger partial charge in [-0.1, -0.05) is 0 Å². The molecule has 0 fully saturated rings. The van der Waals surface area contributed by atoms with Crippen molar-refractivity contribution < 1.29 is 9.47 Å². The van der Waals surface area contributed by atoms with Crippen LogP contribution < -0.4 is 20.8 Å². The van der Waals surface area contributed by atoms with E-state index in [0.29, 0.717) is 11.3 Å². The van der Waals surface area contributed by atoms with Crippen LogP contribution in [-0.2, 0) is 6.54 Å². The number of H-pyrrole nitrogens is 1. The minimum Gasteiger partial charge on any atom is -0.454 e. The number of nitrogens with two attached hydrogens (primary N) is 1. The van der Waals surface area contributed by atoms with Crippen LogP contribution >= 0.6 is 0 Å². The molecule has 0 saturated heterocycles. The lowest BCUT2D eigenvalue weighted by molar-refractivity contribution is 0.174. The van der Waals surface area contributed by atoms with E-state index in [1.54, 1.807) is 0 Å². The number of rotatable bonds is 2. The SMILES string of the molecule is Cc1cc(-c2ccc3c(c2)OCO3)[nH]c(=O)c1CN. The van der Waals surface area contributed by atoms with Crippen molar-refractivity contribution in [1.82, 2.24) is 4.98 Å². The number of aryl methyl sites for hydroxylation is 1. The third-order valence-corrected chi connectivity index (χ3v) is 3.25. The molecule has 1 aromatic carbocycles. The molecule has 0 radical (unpaired) electrons. The van der Waals surface area contributed by atoms with Crippen molar-refractivity contribution in [3.8, 4) is 22.8 Å². The summed E-state index contributed by atoms with van der Waals surface area (Å²) in [6.45, 7) is 2.36. The first-order chi connectivity index (χ1) is 9.19. The van der Waals surface area contributed by atoms with E-state index >= 15 is 0 Å². The molecule has 2 heterocycles. The molecule has 0 bridgehead atoms. The van der Waals surface area contributed by atoms with Crippen molar-refractivity contribution >= 4 is 0 Å². The minimum absolute atomic E-state index is 0.143. The molecule has 1 aliphatic heterocycles. The number of aromatic amines is 1. The molecule has 0 unspecified atom stereocenters. The lowest BCUT2D eigenvalue weighted by atomic mass is 10.1. The fourth-order valence-electron chi connectivity index (χ4n) is 2.19. The Hall–Kier alpha value is -2.27. The van der Waals surface area contributed by atoms with Crippen molar-refractivity contribution in [1.29, 1.82) is 0 Å². The van der Waals surface area contributed by atoms with Gasteiger partial charge in [0, 0.05) is 23.4 Å². The smallest absolute Gasteiger partial charge is 0.253 e. The molecule has 19 heavy (non-hydrogen) atoms. The number of benzene rings is 1. The van der Waals surface area contributed by atoms with Gasteiger partial charge < -0.3 is 20.2 Å². The predicted molar refractivity (Wildman–Crippen MR) is 71.3 cm³/mol. The van der Waals surface area contributed by atoms with Gasteiger partial charge in [-0.2, -0.15) is 0 Å². The van der Waals surface area contributed by atoms with Gasteiger partial charge >= 0.3 is 0 Å². The molecule has 0 saturated carbocycles. The monoisotopic (exact) mass is 258 g/mol. The summed E-state index contributed by atoms with van der Waals surface area (Å²) in [5.41, 5.74) is 8.55. The summed E-state index contributed by atoms with van der Waals surface area (Å²) in [5, 5.41) is 0. The van der Waals surface area contributed by atoms with Gasteiger partial charge in [0.25, 0.3) is 5.56 Å². The molecule has 3 N–H and O–H groups in total. The van der Waals surface area contributed by atoms with Gasteiger partial charge in [0.05, 0.1) is 0 Å². The van der Waals surface area contributed by atoms with E-state index in [1.165, 1.54) is 0 Å². The Morgan fingerprint density at radius 1 is 1.26 bits per heavy atom. The predicted octanol–water partition coefficient (Wildman–Crippen LogP) is 1.54. The Morgan fingerprint density at radius 3 is 2.79 bits per heavy atom. The van der Waals surface area contributed by atoms with Crippen molar-refractivity contribution in [2.75, 3.05) is 6.79 Å². The fourth-order valence-corrected chi connectivity index (χ4v) is 2.19. The van der Waals surface area contributed by atoms with E-state index in [4.69, 9.17) is 15.2 Å². The molecule has 0 aliphatic carbocycles. The highest BCUT2D eigenvalue weighted by molar-refractivity contribution is 5.65. The topological polar surface area (TPSA) is 77.3 Å². The Kier molecular flexibility index (Phi) is 2.76. The average Bonchev–Trinajstić information content (AvgIpc) is 2.85. The fraction of sp³-hybridized carbons (Fsp3) is 0.214. The first kappa shape index (κ1) is 11.8. The van der Waals surface area contributed by atoms with E-state index in [-0.39, 0.29) is 18.9 Å². The summed E-state index contributed by atoms with van der Waals surface area (Å²) in [7, 11) is 0.